The third kappa shape index (κ3) is 10.7. The molecule has 122 valence electrons. The van der Waals surface area contributed by atoms with Gasteiger partial charge in [0.15, 0.2) is 0 Å². The fourth-order valence-electron chi connectivity index (χ4n) is 1.26. The van der Waals surface area contributed by atoms with Crippen molar-refractivity contribution in [2.75, 3.05) is 0 Å². The van der Waals surface area contributed by atoms with E-state index in [1.807, 2.05) is 27.7 Å². The molecule has 0 aliphatic carbocycles. The van der Waals surface area contributed by atoms with E-state index in [4.69, 9.17) is 10.8 Å². The molecule has 0 heterocycles. The molecule has 0 aliphatic rings. The molecule has 2 atom stereocenters. The molecule has 0 aromatic rings. The summed E-state index contributed by atoms with van der Waals surface area (Å²) in [6, 6.07) is -1.75. The van der Waals surface area contributed by atoms with Crippen LogP contribution in [0.4, 0.5) is 0 Å². The Labute approximate surface area is 127 Å². The summed E-state index contributed by atoms with van der Waals surface area (Å²) in [5, 5.41) is 11.0. The number of aliphatic imine (C=N–C) groups is 1. The molecule has 0 aromatic heterocycles. The average Bonchev–Trinajstić information content (AvgIpc) is 2.47. The molecule has 4 N–H and O–H groups in total. The molecular formula is C15H29N3O3. The smallest absolute Gasteiger partial charge is 0.325 e. The van der Waals surface area contributed by atoms with Gasteiger partial charge in [0.25, 0.3) is 0 Å². The second-order valence-corrected chi connectivity index (χ2v) is 4.26. The van der Waals surface area contributed by atoms with Crippen molar-refractivity contribution in [2.45, 2.75) is 66.0 Å². The number of nitrogens with two attached hydrogens (primary N) is 1. The van der Waals surface area contributed by atoms with Gasteiger partial charge in [0, 0.05) is 18.3 Å². The van der Waals surface area contributed by atoms with Crippen LogP contribution in [0.25, 0.3) is 0 Å². The van der Waals surface area contributed by atoms with Crippen LogP contribution in [0.1, 0.15) is 53.9 Å². The van der Waals surface area contributed by atoms with Crippen molar-refractivity contribution in [1.29, 1.82) is 0 Å². The second-order valence-electron chi connectivity index (χ2n) is 4.26. The van der Waals surface area contributed by atoms with Crippen molar-refractivity contribution in [3.63, 3.8) is 0 Å². The molecule has 1 amide bonds. The molecule has 0 spiro atoms. The molecular weight excluding hydrogens is 270 g/mol. The maximum Gasteiger partial charge on any atom is 0.325 e. The summed E-state index contributed by atoms with van der Waals surface area (Å²) in [6.45, 7) is 9.26. The normalized spacial score (nSPS) is 14.1. The Morgan fingerprint density at radius 1 is 1.38 bits per heavy atom. The molecule has 0 bridgehead atoms. The van der Waals surface area contributed by atoms with Gasteiger partial charge in [0.2, 0.25) is 5.91 Å². The lowest BCUT2D eigenvalue weighted by Gasteiger charge is -2.14. The number of unbranched alkanes of at least 4 members (excludes halogenated alkanes) is 1. The highest BCUT2D eigenvalue weighted by Gasteiger charge is 2.19. The zero-order valence-electron chi connectivity index (χ0n) is 13.7. The van der Waals surface area contributed by atoms with Crippen LogP contribution in [0.3, 0.4) is 0 Å². The van der Waals surface area contributed by atoms with Crippen LogP contribution in [0, 0.1) is 0 Å². The van der Waals surface area contributed by atoms with Crippen molar-refractivity contribution in [1.82, 2.24) is 5.32 Å². The highest BCUT2D eigenvalue weighted by molar-refractivity contribution is 5.86. The van der Waals surface area contributed by atoms with E-state index in [-0.39, 0.29) is 6.42 Å². The van der Waals surface area contributed by atoms with Gasteiger partial charge in [-0.05, 0) is 20.3 Å². The number of carboxylic acid groups (broad SMARTS) is 1. The quantitative estimate of drug-likeness (QED) is 0.597. The standard InChI is InChI=1S/C13H23N3O3.C2H6/c1-4-6-7-15-10(5-2)8-11(14)12(17)16-9(3)13(18)19;1-2/h5,7,9,11H,4,6,8,14H2,1-3H3,(H,16,17)(H,18,19);1-2H3/b10-5-,15-7?;. The molecule has 2 unspecified atom stereocenters. The lowest BCUT2D eigenvalue weighted by atomic mass is 10.1. The number of allylic oxidation sites excluding steroid dienone is 1. The number of carbonyl (C=O) groups is 2. The number of nitrogens with one attached hydrogen (secondary N) is 1. The van der Waals surface area contributed by atoms with Gasteiger partial charge >= 0.3 is 5.97 Å². The van der Waals surface area contributed by atoms with Crippen LogP contribution in [0.2, 0.25) is 0 Å². The van der Waals surface area contributed by atoms with Gasteiger partial charge in [-0.2, -0.15) is 0 Å². The minimum absolute atomic E-state index is 0.287. The van der Waals surface area contributed by atoms with Crippen molar-refractivity contribution in [3.8, 4) is 0 Å². The van der Waals surface area contributed by atoms with Gasteiger partial charge in [-0.25, -0.2) is 0 Å². The monoisotopic (exact) mass is 299 g/mol. The molecule has 6 heteroatoms. The van der Waals surface area contributed by atoms with Crippen LogP contribution in [-0.4, -0.2) is 35.3 Å². The summed E-state index contributed by atoms with van der Waals surface area (Å²) < 4.78 is 0. The van der Waals surface area contributed by atoms with Crippen LogP contribution in [0.15, 0.2) is 16.8 Å². The van der Waals surface area contributed by atoms with Gasteiger partial charge in [-0.1, -0.05) is 33.3 Å². The highest BCUT2D eigenvalue weighted by Crippen LogP contribution is 2.06. The van der Waals surface area contributed by atoms with E-state index in [0.717, 1.165) is 18.5 Å². The second kappa shape index (κ2) is 13.3. The van der Waals surface area contributed by atoms with E-state index < -0.39 is 24.0 Å². The van der Waals surface area contributed by atoms with E-state index in [1.165, 1.54) is 6.92 Å². The fraction of sp³-hybridized carbons (Fsp3) is 0.667. The number of hydrogen-bond donors (Lipinski definition) is 3. The number of amides is 1. The Morgan fingerprint density at radius 2 is 1.95 bits per heavy atom. The van der Waals surface area contributed by atoms with E-state index in [2.05, 4.69) is 10.3 Å². The van der Waals surface area contributed by atoms with Crippen LogP contribution < -0.4 is 11.1 Å². The summed E-state index contributed by atoms with van der Waals surface area (Å²) in [6.07, 6.45) is 5.74. The van der Waals surface area contributed by atoms with E-state index in [0.29, 0.717) is 0 Å². The lowest BCUT2D eigenvalue weighted by Crippen LogP contribution is -2.47. The molecule has 0 radical (unpaired) electrons. The summed E-state index contributed by atoms with van der Waals surface area (Å²) in [5.74, 6) is -1.58. The Balaban J connectivity index is 0. The van der Waals surface area contributed by atoms with E-state index >= 15 is 0 Å². The fourth-order valence-corrected chi connectivity index (χ4v) is 1.26. The zero-order chi connectivity index (χ0) is 16.8. The third-order valence-corrected chi connectivity index (χ3v) is 2.50. The van der Waals surface area contributed by atoms with Crippen molar-refractivity contribution < 1.29 is 14.7 Å². The van der Waals surface area contributed by atoms with Crippen molar-refractivity contribution in [2.24, 2.45) is 10.7 Å². The minimum Gasteiger partial charge on any atom is -0.480 e. The SMILES string of the molecule is C/C=C(/CC(N)C(=O)NC(C)C(=O)O)N=CCCC.CC. The van der Waals surface area contributed by atoms with Gasteiger partial charge < -0.3 is 16.2 Å². The first kappa shape index (κ1) is 21.6. The maximum atomic E-state index is 11.7. The number of hydrogen-bond acceptors (Lipinski definition) is 4. The molecule has 21 heavy (non-hydrogen) atoms. The summed E-state index contributed by atoms with van der Waals surface area (Å²) in [7, 11) is 0. The molecule has 0 aromatic carbocycles. The Hall–Kier alpha value is -1.69. The van der Waals surface area contributed by atoms with Gasteiger partial charge in [0.1, 0.15) is 6.04 Å². The summed E-state index contributed by atoms with van der Waals surface area (Å²) >= 11 is 0. The molecule has 0 rings (SSSR count). The molecule has 0 fully saturated rings. The Kier molecular flexibility index (Phi) is 13.7. The first-order valence-corrected chi connectivity index (χ1v) is 7.38. The lowest BCUT2D eigenvalue weighted by molar-refractivity contribution is -0.141. The van der Waals surface area contributed by atoms with Crippen molar-refractivity contribution in [3.05, 3.63) is 11.8 Å². The summed E-state index contributed by atoms with van der Waals surface area (Å²) in [5.41, 5.74) is 6.45. The van der Waals surface area contributed by atoms with E-state index in [9.17, 15) is 9.59 Å². The van der Waals surface area contributed by atoms with Gasteiger partial charge in [-0.3, -0.25) is 14.6 Å². The zero-order valence-corrected chi connectivity index (χ0v) is 13.7. The van der Waals surface area contributed by atoms with Crippen molar-refractivity contribution >= 4 is 18.1 Å². The van der Waals surface area contributed by atoms with Gasteiger partial charge in [-0.15, -0.1) is 0 Å². The first-order chi connectivity index (χ1) is 9.92. The molecule has 0 aliphatic heterocycles. The molecule has 0 saturated carbocycles. The Bertz CT molecular complexity index is 365. The Morgan fingerprint density at radius 3 is 2.38 bits per heavy atom. The first-order valence-electron chi connectivity index (χ1n) is 7.38. The predicted octanol–water partition coefficient (Wildman–Crippen LogP) is 2.09. The summed E-state index contributed by atoms with van der Waals surface area (Å²) in [4.78, 5) is 26.5. The third-order valence-electron chi connectivity index (χ3n) is 2.50. The largest absolute Gasteiger partial charge is 0.480 e. The minimum atomic E-state index is -1.09. The van der Waals surface area contributed by atoms with Crippen LogP contribution >= 0.6 is 0 Å². The molecule has 6 nitrogen and oxygen atoms in total. The number of nitrogens with zero attached hydrogens (tertiary/aromatic N) is 1. The predicted molar refractivity (Wildman–Crippen MR) is 86.3 cm³/mol. The van der Waals surface area contributed by atoms with Gasteiger partial charge in [0.05, 0.1) is 6.04 Å². The average molecular weight is 299 g/mol. The number of aliphatic carboxylic acids is 1. The highest BCUT2D eigenvalue weighted by atomic mass is 16.4. The maximum absolute atomic E-state index is 11.7. The van der Waals surface area contributed by atoms with Crippen LogP contribution in [-0.2, 0) is 9.59 Å². The molecule has 0 saturated heterocycles. The number of carbonyl (C=O) groups excluding carboxylic acids is 1. The van der Waals surface area contributed by atoms with E-state index in [1.54, 1.807) is 12.3 Å². The topological polar surface area (TPSA) is 105 Å². The van der Waals surface area contributed by atoms with Crippen LogP contribution in [0.5, 0.6) is 0 Å². The number of carboxylic acids is 1. The number of rotatable bonds is 8.